The average molecular weight is 384 g/mol. The number of carbonyl (C=O) groups excluding carboxylic acids is 1. The molecule has 3 heterocycles. The van der Waals surface area contributed by atoms with E-state index in [2.05, 4.69) is 9.88 Å². The first-order valence-electron chi connectivity index (χ1n) is 9.54. The number of aryl methyl sites for hydroxylation is 1. The first-order chi connectivity index (χ1) is 12.9. The van der Waals surface area contributed by atoms with E-state index in [4.69, 9.17) is 9.47 Å². The Morgan fingerprint density at radius 3 is 2.56 bits per heavy atom. The molecular weight excluding hydrogens is 358 g/mol. The monoisotopic (exact) mass is 384 g/mol. The second kappa shape index (κ2) is 7.10. The van der Waals surface area contributed by atoms with Crippen LogP contribution in [0.25, 0.3) is 0 Å². The number of rotatable bonds is 2. The fourth-order valence-corrected chi connectivity index (χ4v) is 4.31. The Morgan fingerprint density at radius 1 is 1.19 bits per heavy atom. The van der Waals surface area contributed by atoms with E-state index in [1.54, 1.807) is 28.9 Å². The first kappa shape index (κ1) is 18.8. The molecule has 3 fully saturated rings. The van der Waals surface area contributed by atoms with Crippen LogP contribution in [0.3, 0.4) is 0 Å². The van der Waals surface area contributed by atoms with Gasteiger partial charge in [0.25, 0.3) is 5.91 Å². The zero-order valence-electron chi connectivity index (χ0n) is 15.6. The topological polar surface area (TPSA) is 59.8 Å². The van der Waals surface area contributed by atoms with Gasteiger partial charge in [-0.2, -0.15) is 0 Å². The van der Waals surface area contributed by atoms with Gasteiger partial charge in [0.1, 0.15) is 0 Å². The summed E-state index contributed by atoms with van der Waals surface area (Å²) >= 11 is 0. The maximum atomic E-state index is 13.5. The van der Waals surface area contributed by atoms with Crippen molar-refractivity contribution in [1.29, 1.82) is 0 Å². The highest BCUT2D eigenvalue weighted by Gasteiger charge is 2.46. The summed E-state index contributed by atoms with van der Waals surface area (Å²) in [4.78, 5) is 20.8. The Labute approximate surface area is 157 Å². The van der Waals surface area contributed by atoms with Crippen molar-refractivity contribution in [2.75, 3.05) is 39.4 Å². The fourth-order valence-electron chi connectivity index (χ4n) is 4.31. The molecule has 0 radical (unpaired) electrons. The van der Waals surface area contributed by atoms with Gasteiger partial charge in [0.15, 0.2) is 11.6 Å². The lowest BCUT2D eigenvalue weighted by atomic mass is 9.90. The van der Waals surface area contributed by atoms with Crippen molar-refractivity contribution in [1.82, 2.24) is 19.4 Å². The highest BCUT2D eigenvalue weighted by Crippen LogP contribution is 2.37. The van der Waals surface area contributed by atoms with Crippen LogP contribution >= 0.6 is 0 Å². The minimum atomic E-state index is -2.53. The fraction of sp³-hybridized carbons (Fsp3) is 0.778. The number of ether oxygens (including phenoxy) is 2. The van der Waals surface area contributed by atoms with E-state index in [9.17, 15) is 13.6 Å². The predicted molar refractivity (Wildman–Crippen MR) is 92.5 cm³/mol. The van der Waals surface area contributed by atoms with E-state index in [0.717, 1.165) is 0 Å². The third kappa shape index (κ3) is 3.86. The van der Waals surface area contributed by atoms with Gasteiger partial charge in [-0.3, -0.25) is 9.69 Å². The van der Waals surface area contributed by atoms with Gasteiger partial charge in [0.05, 0.1) is 26.3 Å². The largest absolute Gasteiger partial charge is 0.346 e. The zero-order chi connectivity index (χ0) is 19.1. The Kier molecular flexibility index (Phi) is 4.94. The molecule has 1 aliphatic carbocycles. The van der Waals surface area contributed by atoms with E-state index in [1.807, 2.05) is 0 Å². The molecule has 1 amide bonds. The number of hydrogen-bond acceptors (Lipinski definition) is 5. The van der Waals surface area contributed by atoms with Gasteiger partial charge in [0, 0.05) is 51.4 Å². The zero-order valence-corrected chi connectivity index (χ0v) is 15.6. The van der Waals surface area contributed by atoms with E-state index < -0.39 is 11.7 Å². The van der Waals surface area contributed by atoms with Crippen LogP contribution in [0, 0.1) is 0 Å². The summed E-state index contributed by atoms with van der Waals surface area (Å²) in [6.45, 7) is 2.84. The quantitative estimate of drug-likeness (QED) is 0.774. The molecule has 0 N–H and O–H groups in total. The van der Waals surface area contributed by atoms with Crippen molar-refractivity contribution in [3.8, 4) is 0 Å². The standard InChI is InChI=1S/C18H26F2N4O3/c1-22-7-6-21-15(22)16(25)24-9-11-27-18(13-24)12-23(8-10-26-18)14-2-4-17(19,20)5-3-14/h6-7,14H,2-5,8-13H2,1H3. The number of hydrogen-bond donors (Lipinski definition) is 0. The lowest BCUT2D eigenvalue weighted by Gasteiger charge is -2.49. The summed E-state index contributed by atoms with van der Waals surface area (Å²) < 4.78 is 40.6. The maximum Gasteiger partial charge on any atom is 0.290 e. The van der Waals surface area contributed by atoms with Gasteiger partial charge in [-0.15, -0.1) is 0 Å². The minimum Gasteiger partial charge on any atom is -0.346 e. The predicted octanol–water partition coefficient (Wildman–Crippen LogP) is 1.50. The van der Waals surface area contributed by atoms with E-state index in [1.165, 1.54) is 0 Å². The van der Waals surface area contributed by atoms with Crippen LogP contribution < -0.4 is 0 Å². The molecule has 2 aliphatic heterocycles. The van der Waals surface area contributed by atoms with Crippen LogP contribution in [0.1, 0.15) is 36.3 Å². The van der Waals surface area contributed by atoms with Crippen molar-refractivity contribution in [2.45, 2.75) is 43.4 Å². The van der Waals surface area contributed by atoms with Crippen molar-refractivity contribution in [3.05, 3.63) is 18.2 Å². The van der Waals surface area contributed by atoms with Crippen LogP contribution in [0.4, 0.5) is 8.78 Å². The number of morpholine rings is 2. The van der Waals surface area contributed by atoms with Crippen LogP contribution in [0.2, 0.25) is 0 Å². The molecule has 150 valence electrons. The second-order valence-electron chi connectivity index (χ2n) is 7.75. The first-order valence-corrected chi connectivity index (χ1v) is 9.54. The molecule has 0 aromatic carbocycles. The molecule has 3 aliphatic rings. The number of halogens is 2. The van der Waals surface area contributed by atoms with Gasteiger partial charge in [-0.25, -0.2) is 13.8 Å². The molecule has 0 bridgehead atoms. The van der Waals surface area contributed by atoms with Gasteiger partial charge >= 0.3 is 0 Å². The van der Waals surface area contributed by atoms with E-state index in [0.29, 0.717) is 58.1 Å². The normalized spacial score (nSPS) is 30.0. The molecule has 1 atom stereocenters. The smallest absolute Gasteiger partial charge is 0.290 e. The minimum absolute atomic E-state index is 0.0628. The number of carbonyl (C=O) groups is 1. The van der Waals surface area contributed by atoms with Gasteiger partial charge in [0.2, 0.25) is 5.92 Å². The Bertz CT molecular complexity index is 684. The Hall–Kier alpha value is -1.58. The molecule has 9 heteroatoms. The average Bonchev–Trinajstić information content (AvgIpc) is 3.07. The number of nitrogens with zero attached hydrogens (tertiary/aromatic N) is 4. The summed E-state index contributed by atoms with van der Waals surface area (Å²) in [5.41, 5.74) is 0. The van der Waals surface area contributed by atoms with Crippen LogP contribution in [-0.4, -0.2) is 82.4 Å². The second-order valence-corrected chi connectivity index (χ2v) is 7.75. The Balaban J connectivity index is 1.43. The van der Waals surface area contributed by atoms with Crippen molar-refractivity contribution in [3.63, 3.8) is 0 Å². The van der Waals surface area contributed by atoms with Gasteiger partial charge in [-0.1, -0.05) is 0 Å². The highest BCUT2D eigenvalue weighted by atomic mass is 19.3. The molecular formula is C18H26F2N4O3. The SMILES string of the molecule is Cn1ccnc1C(=O)N1CCOC2(C1)CN(C1CCC(F)(F)CC1)CCO2. The van der Waals surface area contributed by atoms with Crippen LogP contribution in [-0.2, 0) is 16.5 Å². The summed E-state index contributed by atoms with van der Waals surface area (Å²) in [5.74, 6) is -3.19. The summed E-state index contributed by atoms with van der Waals surface area (Å²) in [6.07, 6.45) is 4.18. The molecule has 1 spiro atoms. The molecule has 1 aromatic rings. The van der Waals surface area contributed by atoms with Crippen LogP contribution in [0.15, 0.2) is 12.4 Å². The maximum absolute atomic E-state index is 13.5. The highest BCUT2D eigenvalue weighted by molar-refractivity contribution is 5.90. The number of imidazole rings is 1. The van der Waals surface area contributed by atoms with Gasteiger partial charge in [-0.05, 0) is 12.8 Å². The number of amides is 1. The molecule has 4 rings (SSSR count). The van der Waals surface area contributed by atoms with Crippen molar-refractivity contribution in [2.24, 2.45) is 7.05 Å². The van der Waals surface area contributed by atoms with Crippen LogP contribution in [0.5, 0.6) is 0 Å². The third-order valence-corrected chi connectivity index (χ3v) is 5.85. The van der Waals surface area contributed by atoms with Crippen molar-refractivity contribution >= 4 is 5.91 Å². The Morgan fingerprint density at radius 2 is 1.89 bits per heavy atom. The summed E-state index contributed by atoms with van der Waals surface area (Å²) in [7, 11) is 1.79. The summed E-state index contributed by atoms with van der Waals surface area (Å²) in [6, 6.07) is 0.120. The molecule has 1 unspecified atom stereocenters. The van der Waals surface area contributed by atoms with E-state index >= 15 is 0 Å². The molecule has 2 saturated heterocycles. The number of aromatic nitrogens is 2. The molecule has 1 aromatic heterocycles. The lowest BCUT2D eigenvalue weighted by Crippen LogP contribution is -2.64. The van der Waals surface area contributed by atoms with Crippen molar-refractivity contribution < 1.29 is 23.0 Å². The van der Waals surface area contributed by atoms with Gasteiger partial charge < -0.3 is 18.9 Å². The molecule has 1 saturated carbocycles. The third-order valence-electron chi connectivity index (χ3n) is 5.85. The summed E-state index contributed by atoms with van der Waals surface area (Å²) in [5, 5.41) is 0. The van der Waals surface area contributed by atoms with E-state index in [-0.39, 0.29) is 24.8 Å². The molecule has 7 nitrogen and oxygen atoms in total. The molecule has 27 heavy (non-hydrogen) atoms. The lowest BCUT2D eigenvalue weighted by molar-refractivity contribution is -0.291. The number of alkyl halides is 2.